The van der Waals surface area contributed by atoms with Gasteiger partial charge in [0.15, 0.2) is 0 Å². The van der Waals surface area contributed by atoms with Crippen molar-refractivity contribution in [2.45, 2.75) is 6.92 Å². The van der Waals surface area contributed by atoms with Crippen molar-refractivity contribution in [3.63, 3.8) is 0 Å². The number of halogens is 1. The second kappa shape index (κ2) is 6.64. The van der Waals surface area contributed by atoms with E-state index in [9.17, 15) is 0 Å². The van der Waals surface area contributed by atoms with Crippen LogP contribution >= 0.6 is 15.9 Å². The molecule has 0 aliphatic heterocycles. The molecule has 1 aromatic carbocycles. The maximum absolute atomic E-state index is 5.62. The zero-order chi connectivity index (χ0) is 11.1. The summed E-state index contributed by atoms with van der Waals surface area (Å²) in [4.78, 5) is 0. The van der Waals surface area contributed by atoms with E-state index >= 15 is 0 Å². The van der Waals surface area contributed by atoms with Crippen molar-refractivity contribution in [2.75, 3.05) is 19.7 Å². The minimum Gasteiger partial charge on any atom is -0.492 e. The van der Waals surface area contributed by atoms with Gasteiger partial charge in [0.05, 0.1) is 0 Å². The van der Waals surface area contributed by atoms with Crippen molar-refractivity contribution >= 4 is 15.9 Å². The van der Waals surface area contributed by atoms with Gasteiger partial charge >= 0.3 is 0 Å². The van der Waals surface area contributed by atoms with Gasteiger partial charge in [-0.2, -0.15) is 0 Å². The number of rotatable bonds is 6. The third-order valence-electron chi connectivity index (χ3n) is 1.96. The lowest BCUT2D eigenvalue weighted by Crippen LogP contribution is -2.20. The molecule has 0 bridgehead atoms. The van der Waals surface area contributed by atoms with Crippen LogP contribution in [0.5, 0.6) is 5.75 Å². The van der Waals surface area contributed by atoms with Gasteiger partial charge in [-0.05, 0) is 30.7 Å². The number of benzene rings is 1. The van der Waals surface area contributed by atoms with Crippen LogP contribution < -0.4 is 10.1 Å². The molecule has 0 radical (unpaired) electrons. The normalized spacial score (nSPS) is 10.0. The molecule has 2 nitrogen and oxygen atoms in total. The van der Waals surface area contributed by atoms with Crippen molar-refractivity contribution in [3.05, 3.63) is 40.9 Å². The van der Waals surface area contributed by atoms with Gasteiger partial charge in [0.2, 0.25) is 0 Å². The Bertz CT molecular complexity index is 325. The van der Waals surface area contributed by atoms with Crippen LogP contribution in [0.4, 0.5) is 0 Å². The molecule has 0 spiro atoms. The molecule has 0 heterocycles. The van der Waals surface area contributed by atoms with Crippen LogP contribution in [-0.2, 0) is 0 Å². The van der Waals surface area contributed by atoms with Crippen LogP contribution in [0.15, 0.2) is 35.3 Å². The Morgan fingerprint density at radius 2 is 2.33 bits per heavy atom. The third-order valence-corrected chi connectivity index (χ3v) is 2.46. The molecule has 1 rings (SSSR count). The fourth-order valence-corrected chi connectivity index (χ4v) is 1.69. The van der Waals surface area contributed by atoms with Gasteiger partial charge in [-0.25, -0.2) is 0 Å². The van der Waals surface area contributed by atoms with Crippen molar-refractivity contribution in [3.8, 4) is 5.75 Å². The largest absolute Gasteiger partial charge is 0.492 e. The first-order chi connectivity index (χ1) is 7.24. The monoisotopic (exact) mass is 269 g/mol. The van der Waals surface area contributed by atoms with Crippen LogP contribution in [-0.4, -0.2) is 19.7 Å². The fraction of sp³-hybridized carbons (Fsp3) is 0.333. The molecular weight excluding hydrogens is 254 g/mol. The lowest BCUT2D eigenvalue weighted by Gasteiger charge is -2.09. The molecule has 1 N–H and O–H groups in total. The summed E-state index contributed by atoms with van der Waals surface area (Å²) < 4.78 is 6.70. The molecule has 0 aromatic heterocycles. The number of nitrogens with one attached hydrogen (secondary N) is 1. The van der Waals surface area contributed by atoms with Gasteiger partial charge in [0.1, 0.15) is 12.4 Å². The Kier molecular flexibility index (Phi) is 5.43. The Balaban J connectivity index is 2.34. The van der Waals surface area contributed by atoms with Gasteiger partial charge in [-0.1, -0.05) is 22.0 Å². The molecule has 0 saturated carbocycles. The number of ether oxygens (including phenoxy) is 1. The average Bonchev–Trinajstić information content (AvgIpc) is 2.20. The molecule has 82 valence electrons. The van der Waals surface area contributed by atoms with Crippen LogP contribution in [0.25, 0.3) is 0 Å². The van der Waals surface area contributed by atoms with E-state index in [1.807, 2.05) is 31.2 Å². The predicted octanol–water partition coefficient (Wildman–Crippen LogP) is 2.91. The van der Waals surface area contributed by atoms with Crippen molar-refractivity contribution in [2.24, 2.45) is 0 Å². The Morgan fingerprint density at radius 1 is 1.53 bits per heavy atom. The highest BCUT2D eigenvalue weighted by Crippen LogP contribution is 2.21. The molecule has 0 unspecified atom stereocenters. The highest BCUT2D eigenvalue weighted by molar-refractivity contribution is 9.10. The molecule has 1 aromatic rings. The molecule has 0 atom stereocenters. The second-order valence-electron chi connectivity index (χ2n) is 3.25. The molecular formula is C12H16BrNO. The molecule has 0 aliphatic carbocycles. The minimum absolute atomic E-state index is 0.677. The van der Waals surface area contributed by atoms with Gasteiger partial charge < -0.3 is 10.1 Å². The first-order valence-electron chi connectivity index (χ1n) is 4.94. The first kappa shape index (κ1) is 12.3. The van der Waals surface area contributed by atoms with Crippen LogP contribution in [0, 0.1) is 6.92 Å². The summed E-state index contributed by atoms with van der Waals surface area (Å²) in [5, 5.41) is 3.18. The van der Waals surface area contributed by atoms with Gasteiger partial charge in [-0.15, -0.1) is 6.58 Å². The van der Waals surface area contributed by atoms with Gasteiger partial charge in [0, 0.05) is 17.6 Å². The van der Waals surface area contributed by atoms with Crippen LogP contribution in [0.2, 0.25) is 0 Å². The highest BCUT2D eigenvalue weighted by atomic mass is 79.9. The van der Waals surface area contributed by atoms with Crippen molar-refractivity contribution in [1.82, 2.24) is 5.32 Å². The van der Waals surface area contributed by atoms with E-state index in [1.54, 1.807) is 0 Å². The van der Waals surface area contributed by atoms with E-state index in [2.05, 4.69) is 27.8 Å². The highest BCUT2D eigenvalue weighted by Gasteiger charge is 1.98. The Hall–Kier alpha value is -0.800. The number of hydrogen-bond donors (Lipinski definition) is 1. The SMILES string of the molecule is C=CCNCCOc1ccc(Br)cc1C. The lowest BCUT2D eigenvalue weighted by molar-refractivity contribution is 0.314. The molecule has 0 amide bonds. The average molecular weight is 270 g/mol. The van der Waals surface area contributed by atoms with E-state index in [0.717, 1.165) is 28.9 Å². The van der Waals surface area contributed by atoms with E-state index < -0.39 is 0 Å². The predicted molar refractivity (Wildman–Crippen MR) is 67.4 cm³/mol. The first-order valence-corrected chi connectivity index (χ1v) is 5.74. The molecule has 0 aliphatic rings. The molecule has 0 saturated heterocycles. The second-order valence-corrected chi connectivity index (χ2v) is 4.17. The summed E-state index contributed by atoms with van der Waals surface area (Å²) in [6, 6.07) is 6.01. The maximum Gasteiger partial charge on any atom is 0.122 e. The standard InChI is InChI=1S/C12H16BrNO/c1-3-6-14-7-8-15-12-5-4-11(13)9-10(12)2/h3-5,9,14H,1,6-8H2,2H3. The van der Waals surface area contributed by atoms with E-state index in [0.29, 0.717) is 6.61 Å². The lowest BCUT2D eigenvalue weighted by atomic mass is 10.2. The van der Waals surface area contributed by atoms with Crippen LogP contribution in [0.1, 0.15) is 5.56 Å². The molecule has 15 heavy (non-hydrogen) atoms. The maximum atomic E-state index is 5.62. The molecule has 3 heteroatoms. The number of hydrogen-bond acceptors (Lipinski definition) is 2. The van der Waals surface area contributed by atoms with Gasteiger partial charge in [0.25, 0.3) is 0 Å². The Morgan fingerprint density at radius 3 is 3.00 bits per heavy atom. The topological polar surface area (TPSA) is 21.3 Å². The van der Waals surface area contributed by atoms with Crippen molar-refractivity contribution in [1.29, 1.82) is 0 Å². The number of aryl methyl sites for hydroxylation is 1. The summed E-state index contributed by atoms with van der Waals surface area (Å²) >= 11 is 3.42. The van der Waals surface area contributed by atoms with E-state index in [-0.39, 0.29) is 0 Å². The smallest absolute Gasteiger partial charge is 0.122 e. The summed E-state index contributed by atoms with van der Waals surface area (Å²) in [6.45, 7) is 8.00. The third kappa shape index (κ3) is 4.49. The Labute approximate surface area is 99.5 Å². The summed E-state index contributed by atoms with van der Waals surface area (Å²) in [7, 11) is 0. The zero-order valence-electron chi connectivity index (χ0n) is 8.92. The van der Waals surface area contributed by atoms with E-state index in [1.165, 1.54) is 0 Å². The van der Waals surface area contributed by atoms with E-state index in [4.69, 9.17) is 4.74 Å². The quantitative estimate of drug-likeness (QED) is 0.634. The molecule has 0 fully saturated rings. The summed E-state index contributed by atoms with van der Waals surface area (Å²) in [5.41, 5.74) is 1.15. The zero-order valence-corrected chi connectivity index (χ0v) is 10.5. The fourth-order valence-electron chi connectivity index (χ4n) is 1.21. The van der Waals surface area contributed by atoms with Crippen molar-refractivity contribution < 1.29 is 4.74 Å². The summed E-state index contributed by atoms with van der Waals surface area (Å²) in [5.74, 6) is 0.943. The van der Waals surface area contributed by atoms with Gasteiger partial charge in [-0.3, -0.25) is 0 Å². The van der Waals surface area contributed by atoms with Crippen LogP contribution in [0.3, 0.4) is 0 Å². The minimum atomic E-state index is 0.677. The summed E-state index contributed by atoms with van der Waals surface area (Å²) in [6.07, 6.45) is 1.84.